The number of anilines is 2. The van der Waals surface area contributed by atoms with E-state index in [4.69, 9.17) is 0 Å². The molecule has 0 fully saturated rings. The lowest BCUT2D eigenvalue weighted by atomic mass is 9.98. The van der Waals surface area contributed by atoms with Crippen LogP contribution in [0.4, 0.5) is 16.2 Å². The van der Waals surface area contributed by atoms with E-state index in [0.717, 1.165) is 12.1 Å². The zero-order valence-corrected chi connectivity index (χ0v) is 16.9. The van der Waals surface area contributed by atoms with Gasteiger partial charge in [0.1, 0.15) is 0 Å². The van der Waals surface area contributed by atoms with Crippen LogP contribution in [0.5, 0.6) is 0 Å². The van der Waals surface area contributed by atoms with Gasteiger partial charge in [-0.25, -0.2) is 4.79 Å². The molecule has 1 aromatic carbocycles. The Morgan fingerprint density at radius 1 is 0.963 bits per heavy atom. The van der Waals surface area contributed by atoms with Gasteiger partial charge in [0, 0.05) is 12.2 Å². The second-order valence-corrected chi connectivity index (χ2v) is 6.98. The summed E-state index contributed by atoms with van der Waals surface area (Å²) >= 11 is 0. The van der Waals surface area contributed by atoms with Crippen LogP contribution in [0.15, 0.2) is 24.3 Å². The van der Waals surface area contributed by atoms with Crippen molar-refractivity contribution in [1.29, 1.82) is 0 Å². The largest absolute Gasteiger partial charge is 0.338 e. The Bertz CT molecular complexity index is 519. The standard InChI is InChI=1S/C21H36N4O2/c1-3-5-6-7-8-9-10-11-18(4-2)16-22-21(27)24-19-12-14-20(15-13-19)25-23-17-26/h12-15,17-18,25H,3-11,16H2,1-2H3,(H,23,26)(H2,22,24,27). The molecule has 0 radical (unpaired) electrons. The lowest BCUT2D eigenvalue weighted by molar-refractivity contribution is -0.109. The number of hydrogen-bond donors (Lipinski definition) is 4. The van der Waals surface area contributed by atoms with Gasteiger partial charge < -0.3 is 10.6 Å². The number of benzene rings is 1. The van der Waals surface area contributed by atoms with Crippen molar-refractivity contribution in [3.05, 3.63) is 24.3 Å². The number of hydrazine groups is 1. The molecule has 0 saturated heterocycles. The predicted molar refractivity (Wildman–Crippen MR) is 113 cm³/mol. The number of urea groups is 1. The Morgan fingerprint density at radius 3 is 2.22 bits per heavy atom. The first-order valence-corrected chi connectivity index (χ1v) is 10.3. The fourth-order valence-electron chi connectivity index (χ4n) is 3.00. The van der Waals surface area contributed by atoms with Crippen molar-refractivity contribution in [3.63, 3.8) is 0 Å². The number of carbonyl (C=O) groups is 2. The average molecular weight is 377 g/mol. The molecule has 1 atom stereocenters. The first kappa shape index (κ1) is 22.8. The molecule has 1 aromatic rings. The minimum absolute atomic E-state index is 0.181. The van der Waals surface area contributed by atoms with Crippen molar-refractivity contribution in [2.45, 2.75) is 71.6 Å². The minimum Gasteiger partial charge on any atom is -0.338 e. The molecule has 0 aromatic heterocycles. The molecule has 6 heteroatoms. The van der Waals surface area contributed by atoms with Crippen molar-refractivity contribution in [2.24, 2.45) is 5.92 Å². The number of hydrogen-bond acceptors (Lipinski definition) is 3. The van der Waals surface area contributed by atoms with Gasteiger partial charge in [-0.1, -0.05) is 65.2 Å². The van der Waals surface area contributed by atoms with E-state index in [1.807, 2.05) is 0 Å². The maximum Gasteiger partial charge on any atom is 0.319 e. The van der Waals surface area contributed by atoms with E-state index in [9.17, 15) is 9.59 Å². The van der Waals surface area contributed by atoms with Crippen molar-refractivity contribution < 1.29 is 9.59 Å². The number of carbonyl (C=O) groups excluding carboxylic acids is 2. The van der Waals surface area contributed by atoms with Gasteiger partial charge in [-0.3, -0.25) is 15.6 Å². The monoisotopic (exact) mass is 376 g/mol. The third-order valence-electron chi connectivity index (χ3n) is 4.76. The van der Waals surface area contributed by atoms with E-state index in [1.165, 1.54) is 51.4 Å². The van der Waals surface area contributed by atoms with Crippen molar-refractivity contribution in [3.8, 4) is 0 Å². The van der Waals surface area contributed by atoms with Gasteiger partial charge in [0.25, 0.3) is 0 Å². The molecule has 1 unspecified atom stereocenters. The predicted octanol–water partition coefficient (Wildman–Crippen LogP) is 5.05. The lowest BCUT2D eigenvalue weighted by Crippen LogP contribution is -2.33. The van der Waals surface area contributed by atoms with Gasteiger partial charge in [0.15, 0.2) is 0 Å². The number of amides is 3. The number of unbranched alkanes of at least 4 members (excludes halogenated alkanes) is 6. The molecule has 0 bridgehead atoms. The first-order chi connectivity index (χ1) is 13.2. The highest BCUT2D eigenvalue weighted by molar-refractivity contribution is 5.89. The summed E-state index contributed by atoms with van der Waals surface area (Å²) in [4.78, 5) is 22.3. The first-order valence-electron chi connectivity index (χ1n) is 10.3. The van der Waals surface area contributed by atoms with Gasteiger partial charge in [-0.2, -0.15) is 0 Å². The molecule has 0 aliphatic carbocycles. The Morgan fingerprint density at radius 2 is 1.59 bits per heavy atom. The molecule has 152 valence electrons. The van der Waals surface area contributed by atoms with E-state index >= 15 is 0 Å². The summed E-state index contributed by atoms with van der Waals surface area (Å²) in [7, 11) is 0. The second kappa shape index (κ2) is 14.9. The zero-order valence-electron chi connectivity index (χ0n) is 16.9. The SMILES string of the molecule is CCCCCCCCCC(CC)CNC(=O)Nc1ccc(NNC=O)cc1. The Labute approximate surface area is 163 Å². The molecule has 0 aliphatic heterocycles. The van der Waals surface area contributed by atoms with Gasteiger partial charge in [0.2, 0.25) is 6.41 Å². The molecular weight excluding hydrogens is 340 g/mol. The molecule has 3 amide bonds. The Hall–Kier alpha value is -2.24. The zero-order chi connectivity index (χ0) is 19.7. The maximum absolute atomic E-state index is 12.1. The van der Waals surface area contributed by atoms with Gasteiger partial charge in [-0.05, 0) is 36.6 Å². The molecular formula is C21H36N4O2. The van der Waals surface area contributed by atoms with Crippen LogP contribution in [0.25, 0.3) is 0 Å². The van der Waals surface area contributed by atoms with Gasteiger partial charge in [0.05, 0.1) is 5.69 Å². The highest BCUT2D eigenvalue weighted by Gasteiger charge is 2.09. The summed E-state index contributed by atoms with van der Waals surface area (Å²) in [6, 6.07) is 6.94. The van der Waals surface area contributed by atoms with Crippen LogP contribution < -0.4 is 21.5 Å². The van der Waals surface area contributed by atoms with Crippen LogP contribution >= 0.6 is 0 Å². The summed E-state index contributed by atoms with van der Waals surface area (Å²) < 4.78 is 0. The fourth-order valence-corrected chi connectivity index (χ4v) is 3.00. The molecule has 0 spiro atoms. The Balaban J connectivity index is 2.19. The molecule has 0 aliphatic rings. The average Bonchev–Trinajstić information content (AvgIpc) is 2.69. The smallest absolute Gasteiger partial charge is 0.319 e. The third kappa shape index (κ3) is 11.2. The summed E-state index contributed by atoms with van der Waals surface area (Å²) in [5.41, 5.74) is 6.54. The third-order valence-corrected chi connectivity index (χ3v) is 4.76. The van der Waals surface area contributed by atoms with Crippen molar-refractivity contribution in [1.82, 2.24) is 10.7 Å². The van der Waals surface area contributed by atoms with Crippen LogP contribution in [0.1, 0.15) is 71.6 Å². The van der Waals surface area contributed by atoms with E-state index < -0.39 is 0 Å². The van der Waals surface area contributed by atoms with Crippen LogP contribution in [0.2, 0.25) is 0 Å². The number of rotatable bonds is 15. The van der Waals surface area contributed by atoms with Crippen molar-refractivity contribution >= 4 is 23.8 Å². The van der Waals surface area contributed by atoms with E-state index in [-0.39, 0.29) is 6.03 Å². The quantitative estimate of drug-likeness (QED) is 0.196. The second-order valence-electron chi connectivity index (χ2n) is 6.98. The highest BCUT2D eigenvalue weighted by Crippen LogP contribution is 2.15. The Kier molecular flexibility index (Phi) is 12.6. The molecule has 1 rings (SSSR count). The summed E-state index contributed by atoms with van der Waals surface area (Å²) in [5, 5.41) is 5.81. The van der Waals surface area contributed by atoms with Crippen LogP contribution in [-0.2, 0) is 4.79 Å². The van der Waals surface area contributed by atoms with Crippen LogP contribution in [0.3, 0.4) is 0 Å². The van der Waals surface area contributed by atoms with E-state index in [1.54, 1.807) is 24.3 Å². The van der Waals surface area contributed by atoms with Crippen molar-refractivity contribution in [2.75, 3.05) is 17.3 Å². The van der Waals surface area contributed by atoms with Gasteiger partial charge >= 0.3 is 6.03 Å². The number of nitrogens with one attached hydrogen (secondary N) is 4. The van der Waals surface area contributed by atoms with Crippen LogP contribution in [-0.4, -0.2) is 19.0 Å². The topological polar surface area (TPSA) is 82.3 Å². The fraction of sp³-hybridized carbons (Fsp3) is 0.619. The molecule has 6 nitrogen and oxygen atoms in total. The normalized spacial score (nSPS) is 11.5. The summed E-state index contributed by atoms with van der Waals surface area (Å²) in [6.07, 6.45) is 12.1. The molecule has 0 saturated carbocycles. The summed E-state index contributed by atoms with van der Waals surface area (Å²) in [6.45, 7) is 5.14. The van der Waals surface area contributed by atoms with Crippen LogP contribution in [0, 0.1) is 5.92 Å². The van der Waals surface area contributed by atoms with E-state index in [2.05, 4.69) is 35.3 Å². The summed E-state index contributed by atoms with van der Waals surface area (Å²) in [5.74, 6) is 0.535. The highest BCUT2D eigenvalue weighted by atomic mass is 16.2. The van der Waals surface area contributed by atoms with Gasteiger partial charge in [-0.15, -0.1) is 0 Å². The van der Waals surface area contributed by atoms with E-state index in [0.29, 0.717) is 24.6 Å². The minimum atomic E-state index is -0.181. The molecule has 0 heterocycles. The molecule has 27 heavy (non-hydrogen) atoms. The maximum atomic E-state index is 12.1. The lowest BCUT2D eigenvalue weighted by Gasteiger charge is -2.16. The molecule has 4 N–H and O–H groups in total.